The summed E-state index contributed by atoms with van der Waals surface area (Å²) in [6.07, 6.45) is 9.54. The summed E-state index contributed by atoms with van der Waals surface area (Å²) in [6.45, 7) is 4.98. The molecule has 0 aromatic heterocycles. The number of carbonyl (C=O) groups excluding carboxylic acids is 2. The van der Waals surface area contributed by atoms with E-state index >= 15 is 0 Å². The predicted molar refractivity (Wildman–Crippen MR) is 121 cm³/mol. The fourth-order valence-corrected chi connectivity index (χ4v) is 7.18. The molecule has 1 aromatic rings. The molecule has 4 aliphatic carbocycles. The summed E-state index contributed by atoms with van der Waals surface area (Å²) >= 11 is 0. The summed E-state index contributed by atoms with van der Waals surface area (Å²) in [5.74, 6) is 2.95. The molecule has 31 heavy (non-hydrogen) atoms. The Bertz CT molecular complexity index is 796. The first-order valence-corrected chi connectivity index (χ1v) is 12.3. The highest BCUT2D eigenvalue weighted by Crippen LogP contribution is 2.60. The molecule has 1 atom stereocenters. The van der Waals surface area contributed by atoms with Crippen molar-refractivity contribution in [3.63, 3.8) is 0 Å². The van der Waals surface area contributed by atoms with Crippen molar-refractivity contribution < 1.29 is 14.3 Å². The number of carbonyl (C=O) groups is 2. The maximum absolute atomic E-state index is 12.9. The van der Waals surface area contributed by atoms with Crippen LogP contribution in [0.15, 0.2) is 24.3 Å². The third-order valence-corrected chi connectivity index (χ3v) is 8.13. The smallest absolute Gasteiger partial charge is 0.410 e. The molecule has 0 spiro atoms. The maximum atomic E-state index is 12.9. The van der Waals surface area contributed by atoms with Crippen molar-refractivity contribution in [2.45, 2.75) is 76.7 Å². The molecular weight excluding hydrogens is 388 g/mol. The van der Waals surface area contributed by atoms with Crippen molar-refractivity contribution in [2.75, 3.05) is 18.5 Å². The van der Waals surface area contributed by atoms with Gasteiger partial charge in [0, 0.05) is 12.2 Å². The largest absolute Gasteiger partial charge is 0.449 e. The van der Waals surface area contributed by atoms with Gasteiger partial charge in [0.05, 0.1) is 6.61 Å². The summed E-state index contributed by atoms with van der Waals surface area (Å²) in [5, 5.41) is 3.05. The van der Waals surface area contributed by atoms with Crippen LogP contribution in [-0.4, -0.2) is 36.1 Å². The van der Waals surface area contributed by atoms with Crippen molar-refractivity contribution in [3.05, 3.63) is 29.8 Å². The monoisotopic (exact) mass is 424 g/mol. The fourth-order valence-electron chi connectivity index (χ4n) is 7.18. The van der Waals surface area contributed by atoms with Gasteiger partial charge in [0.15, 0.2) is 0 Å². The van der Waals surface area contributed by atoms with Crippen molar-refractivity contribution >= 4 is 17.7 Å². The number of likely N-dealkylation sites (tertiary alicyclic amines) is 1. The van der Waals surface area contributed by atoms with Gasteiger partial charge in [-0.2, -0.15) is 0 Å². The van der Waals surface area contributed by atoms with Crippen LogP contribution < -0.4 is 5.32 Å². The van der Waals surface area contributed by atoms with Crippen LogP contribution in [0.5, 0.6) is 0 Å². The number of benzene rings is 1. The van der Waals surface area contributed by atoms with Gasteiger partial charge in [0.2, 0.25) is 5.91 Å². The number of hydrogen-bond donors (Lipinski definition) is 1. The van der Waals surface area contributed by atoms with Gasteiger partial charge < -0.3 is 10.1 Å². The highest BCUT2D eigenvalue weighted by molar-refractivity contribution is 5.96. The molecule has 5 aliphatic rings. The minimum absolute atomic E-state index is 0.110. The topological polar surface area (TPSA) is 58.6 Å². The molecule has 0 radical (unpaired) electrons. The normalized spacial score (nSPS) is 33.7. The van der Waals surface area contributed by atoms with Gasteiger partial charge in [-0.15, -0.1) is 0 Å². The van der Waals surface area contributed by atoms with Crippen molar-refractivity contribution in [2.24, 2.45) is 23.7 Å². The maximum Gasteiger partial charge on any atom is 0.410 e. The van der Waals surface area contributed by atoms with Crippen LogP contribution in [0.2, 0.25) is 0 Å². The lowest BCUT2D eigenvalue weighted by Crippen LogP contribution is -2.48. The highest BCUT2D eigenvalue weighted by Gasteiger charge is 2.51. The third-order valence-electron chi connectivity index (χ3n) is 8.13. The molecule has 5 fully saturated rings. The molecule has 0 unspecified atom stereocenters. The summed E-state index contributed by atoms with van der Waals surface area (Å²) in [4.78, 5) is 26.9. The number of ether oxygens (including phenoxy) is 1. The lowest BCUT2D eigenvalue weighted by molar-refractivity contribution is -0.120. The third kappa shape index (κ3) is 4.08. The van der Waals surface area contributed by atoms with Crippen LogP contribution in [0.4, 0.5) is 10.5 Å². The van der Waals surface area contributed by atoms with E-state index in [1.54, 1.807) is 4.90 Å². The van der Waals surface area contributed by atoms with E-state index in [9.17, 15) is 9.59 Å². The average molecular weight is 425 g/mol. The molecular formula is C26H36N2O3. The number of nitrogens with one attached hydrogen (secondary N) is 1. The molecule has 1 saturated heterocycles. The van der Waals surface area contributed by atoms with Gasteiger partial charge >= 0.3 is 6.09 Å². The summed E-state index contributed by atoms with van der Waals surface area (Å²) in [6, 6.07) is 8.16. The lowest BCUT2D eigenvalue weighted by Gasteiger charge is -2.57. The van der Waals surface area contributed by atoms with Gasteiger partial charge in [-0.05, 0) is 98.1 Å². The Labute approximate surface area is 185 Å². The zero-order valence-electron chi connectivity index (χ0n) is 18.9. The Morgan fingerprint density at radius 1 is 1.06 bits per heavy atom. The Kier molecular flexibility index (Phi) is 5.47. The summed E-state index contributed by atoms with van der Waals surface area (Å²) < 4.78 is 5.36. The Morgan fingerprint density at radius 3 is 2.26 bits per heavy atom. The fraction of sp³-hybridized carbons (Fsp3) is 0.692. The van der Waals surface area contributed by atoms with Crippen molar-refractivity contribution in [1.29, 1.82) is 0 Å². The number of hydrogen-bond acceptors (Lipinski definition) is 3. The van der Waals surface area contributed by atoms with Gasteiger partial charge in [-0.25, -0.2) is 4.79 Å². The zero-order chi connectivity index (χ0) is 21.6. The number of rotatable bonds is 5. The molecule has 1 aromatic carbocycles. The van der Waals surface area contributed by atoms with E-state index in [1.165, 1.54) is 44.1 Å². The van der Waals surface area contributed by atoms with Crippen LogP contribution in [0.1, 0.15) is 70.8 Å². The van der Waals surface area contributed by atoms with E-state index in [1.807, 2.05) is 13.8 Å². The number of amides is 2. The summed E-state index contributed by atoms with van der Waals surface area (Å²) in [7, 11) is 0. The molecule has 1 heterocycles. The van der Waals surface area contributed by atoms with Crippen LogP contribution >= 0.6 is 0 Å². The molecule has 2 amide bonds. The van der Waals surface area contributed by atoms with Crippen LogP contribution in [0.3, 0.4) is 0 Å². The quantitative estimate of drug-likeness (QED) is 0.693. The first kappa shape index (κ1) is 20.8. The molecule has 6 rings (SSSR count). The van der Waals surface area contributed by atoms with Gasteiger partial charge in [0.25, 0.3) is 0 Å². The van der Waals surface area contributed by atoms with E-state index in [0.717, 1.165) is 29.9 Å². The second kappa shape index (κ2) is 8.14. The van der Waals surface area contributed by atoms with E-state index in [0.29, 0.717) is 25.0 Å². The Hall–Kier alpha value is -2.04. The van der Waals surface area contributed by atoms with Gasteiger partial charge in [-0.1, -0.05) is 26.0 Å². The molecule has 5 heteroatoms. The lowest BCUT2D eigenvalue weighted by atomic mass is 9.48. The van der Waals surface area contributed by atoms with Gasteiger partial charge in [0.1, 0.15) is 6.04 Å². The van der Waals surface area contributed by atoms with E-state index in [-0.39, 0.29) is 17.9 Å². The first-order valence-electron chi connectivity index (χ1n) is 12.3. The Balaban J connectivity index is 1.23. The molecule has 4 bridgehead atoms. The van der Waals surface area contributed by atoms with Gasteiger partial charge in [-0.3, -0.25) is 9.69 Å². The molecule has 4 saturated carbocycles. The second-order valence-electron chi connectivity index (χ2n) is 11.1. The van der Waals surface area contributed by atoms with Crippen LogP contribution in [0.25, 0.3) is 0 Å². The first-order chi connectivity index (χ1) is 14.9. The average Bonchev–Trinajstić information content (AvgIpc) is 3.22. The molecule has 5 nitrogen and oxygen atoms in total. The van der Waals surface area contributed by atoms with Crippen LogP contribution in [0, 0.1) is 23.7 Å². The SMILES string of the molecule is CC(C)COC(=O)N1CCC[C@H]1C(=O)Nc1ccc(C23CC4CC(CC(C4)C2)C3)cc1. The highest BCUT2D eigenvalue weighted by atomic mass is 16.6. The summed E-state index contributed by atoms with van der Waals surface area (Å²) in [5.41, 5.74) is 2.66. The number of nitrogens with zero attached hydrogens (tertiary/aromatic N) is 1. The van der Waals surface area contributed by atoms with Crippen molar-refractivity contribution in [1.82, 2.24) is 4.90 Å². The molecule has 1 N–H and O–H groups in total. The minimum atomic E-state index is -0.442. The predicted octanol–water partition coefficient (Wildman–Crippen LogP) is 5.35. The standard InChI is InChI=1S/C26H36N2O3/c1-17(2)16-31-25(30)28-9-3-4-23(28)24(29)27-22-7-5-21(6-8-22)26-13-18-10-19(14-26)12-20(11-18)15-26/h5-8,17-20,23H,3-4,9-16H2,1-2H3,(H,27,29)/t18?,19?,20?,23-,26?/m0/s1. The minimum Gasteiger partial charge on any atom is -0.449 e. The van der Waals surface area contributed by atoms with Crippen molar-refractivity contribution in [3.8, 4) is 0 Å². The zero-order valence-corrected chi connectivity index (χ0v) is 18.9. The van der Waals surface area contributed by atoms with E-state index < -0.39 is 6.04 Å². The molecule has 168 valence electrons. The Morgan fingerprint density at radius 2 is 1.68 bits per heavy atom. The second-order valence-corrected chi connectivity index (χ2v) is 11.1. The molecule has 1 aliphatic heterocycles. The van der Waals surface area contributed by atoms with E-state index in [2.05, 4.69) is 29.6 Å². The van der Waals surface area contributed by atoms with E-state index in [4.69, 9.17) is 4.74 Å². The number of anilines is 1. The van der Waals surface area contributed by atoms with Crippen LogP contribution in [-0.2, 0) is 14.9 Å².